The zero-order valence-corrected chi connectivity index (χ0v) is 16.3. The second kappa shape index (κ2) is 8.73. The maximum absolute atomic E-state index is 12.5. The van der Waals surface area contributed by atoms with Crippen LogP contribution in [0.1, 0.15) is 16.1 Å². The van der Waals surface area contributed by atoms with Gasteiger partial charge in [-0.15, -0.1) is 0 Å². The van der Waals surface area contributed by atoms with Crippen LogP contribution in [0.15, 0.2) is 59.9 Å². The first-order valence-corrected chi connectivity index (χ1v) is 9.60. The minimum Gasteiger partial charge on any atom is -0.321 e. The second-order valence-corrected chi connectivity index (χ2v) is 7.39. The van der Waals surface area contributed by atoms with E-state index in [-0.39, 0.29) is 10.7 Å². The van der Waals surface area contributed by atoms with Crippen LogP contribution in [0.3, 0.4) is 0 Å². The van der Waals surface area contributed by atoms with Gasteiger partial charge in [0.05, 0.1) is 11.2 Å². The third kappa shape index (κ3) is 4.89. The highest BCUT2D eigenvalue weighted by atomic mass is 35.5. The first-order valence-electron chi connectivity index (χ1n) is 7.48. The highest BCUT2D eigenvalue weighted by molar-refractivity contribution is 7.98. The van der Waals surface area contributed by atoms with Gasteiger partial charge in [-0.3, -0.25) is 4.79 Å². The predicted molar refractivity (Wildman–Crippen MR) is 107 cm³/mol. The molecule has 0 aliphatic carbocycles. The van der Waals surface area contributed by atoms with E-state index in [9.17, 15) is 4.79 Å². The van der Waals surface area contributed by atoms with Crippen molar-refractivity contribution in [1.82, 2.24) is 9.97 Å². The molecule has 1 amide bonds. The van der Waals surface area contributed by atoms with Gasteiger partial charge in [-0.25, -0.2) is 9.97 Å². The molecule has 1 heterocycles. The number of benzene rings is 2. The molecule has 3 rings (SSSR count). The first kappa shape index (κ1) is 19.0. The van der Waals surface area contributed by atoms with Crippen LogP contribution in [0, 0.1) is 0 Å². The SMILES string of the molecule is O=C(Nc1cccc(Cl)c1)c1nc(SCc2ccccc2Cl)ncc1Cl. The van der Waals surface area contributed by atoms with Gasteiger partial charge in [0.25, 0.3) is 5.91 Å². The summed E-state index contributed by atoms with van der Waals surface area (Å²) < 4.78 is 0. The van der Waals surface area contributed by atoms with Gasteiger partial charge < -0.3 is 5.32 Å². The molecule has 0 atom stereocenters. The van der Waals surface area contributed by atoms with Crippen molar-refractivity contribution in [3.05, 3.63) is 81.1 Å². The standard InChI is InChI=1S/C18H12Cl3N3OS/c19-12-5-3-6-13(8-12)23-17(25)16-15(21)9-22-18(24-16)26-10-11-4-1-2-7-14(11)20/h1-9H,10H2,(H,23,25). The third-order valence-electron chi connectivity index (χ3n) is 3.33. The first-order chi connectivity index (χ1) is 12.5. The molecule has 0 unspecified atom stereocenters. The number of hydrogen-bond donors (Lipinski definition) is 1. The second-order valence-electron chi connectivity index (χ2n) is 5.19. The van der Waals surface area contributed by atoms with Gasteiger partial charge in [-0.05, 0) is 29.8 Å². The Balaban J connectivity index is 1.74. The zero-order chi connectivity index (χ0) is 18.5. The molecule has 132 valence electrons. The fraction of sp³-hybridized carbons (Fsp3) is 0.0556. The largest absolute Gasteiger partial charge is 0.321 e. The molecule has 26 heavy (non-hydrogen) atoms. The molecule has 0 fully saturated rings. The molecule has 0 radical (unpaired) electrons. The Morgan fingerprint density at radius 1 is 1.04 bits per heavy atom. The summed E-state index contributed by atoms with van der Waals surface area (Å²) in [5, 5.41) is 4.52. The van der Waals surface area contributed by atoms with Crippen LogP contribution in [-0.4, -0.2) is 15.9 Å². The minimum atomic E-state index is -0.431. The number of anilines is 1. The van der Waals surface area contributed by atoms with E-state index >= 15 is 0 Å². The summed E-state index contributed by atoms with van der Waals surface area (Å²) in [6.45, 7) is 0. The fourth-order valence-electron chi connectivity index (χ4n) is 2.09. The summed E-state index contributed by atoms with van der Waals surface area (Å²) in [5.74, 6) is 0.149. The lowest BCUT2D eigenvalue weighted by Gasteiger charge is -2.08. The maximum Gasteiger partial charge on any atom is 0.275 e. The molecule has 0 spiro atoms. The molecule has 0 aliphatic rings. The molecule has 0 saturated heterocycles. The van der Waals surface area contributed by atoms with E-state index in [0.29, 0.717) is 26.6 Å². The van der Waals surface area contributed by atoms with E-state index < -0.39 is 5.91 Å². The van der Waals surface area contributed by atoms with Crippen molar-refractivity contribution >= 4 is 58.2 Å². The van der Waals surface area contributed by atoms with Crippen molar-refractivity contribution < 1.29 is 4.79 Å². The van der Waals surface area contributed by atoms with E-state index in [0.717, 1.165) is 5.56 Å². The Kier molecular flexibility index (Phi) is 6.38. The molecule has 8 heteroatoms. The van der Waals surface area contributed by atoms with Gasteiger partial charge >= 0.3 is 0 Å². The summed E-state index contributed by atoms with van der Waals surface area (Å²) in [5.41, 5.74) is 1.62. The predicted octanol–water partition coefficient (Wildman–Crippen LogP) is 5.98. The Labute approximate surface area is 169 Å². The number of carbonyl (C=O) groups is 1. The number of nitrogens with one attached hydrogen (secondary N) is 1. The van der Waals surface area contributed by atoms with Crippen LogP contribution >= 0.6 is 46.6 Å². The number of hydrogen-bond acceptors (Lipinski definition) is 4. The van der Waals surface area contributed by atoms with Crippen molar-refractivity contribution in [2.75, 3.05) is 5.32 Å². The lowest BCUT2D eigenvalue weighted by Crippen LogP contribution is -2.15. The Morgan fingerprint density at radius 3 is 2.62 bits per heavy atom. The van der Waals surface area contributed by atoms with E-state index in [1.54, 1.807) is 24.3 Å². The van der Waals surface area contributed by atoms with Crippen molar-refractivity contribution in [3.63, 3.8) is 0 Å². The van der Waals surface area contributed by atoms with Crippen LogP contribution < -0.4 is 5.32 Å². The normalized spacial score (nSPS) is 10.6. The highest BCUT2D eigenvalue weighted by Gasteiger charge is 2.15. The highest BCUT2D eigenvalue weighted by Crippen LogP contribution is 2.26. The van der Waals surface area contributed by atoms with Gasteiger partial charge in [-0.2, -0.15) is 0 Å². The number of amides is 1. The van der Waals surface area contributed by atoms with Crippen LogP contribution in [-0.2, 0) is 5.75 Å². The molecule has 0 saturated carbocycles. The van der Waals surface area contributed by atoms with Crippen molar-refractivity contribution in [3.8, 4) is 0 Å². The molecule has 4 nitrogen and oxygen atoms in total. The van der Waals surface area contributed by atoms with Gasteiger partial charge in [0, 0.05) is 21.5 Å². The maximum atomic E-state index is 12.5. The van der Waals surface area contributed by atoms with Crippen molar-refractivity contribution in [2.45, 2.75) is 10.9 Å². The Morgan fingerprint density at radius 2 is 1.85 bits per heavy atom. The van der Waals surface area contributed by atoms with Gasteiger partial charge in [0.15, 0.2) is 10.9 Å². The average Bonchev–Trinajstić information content (AvgIpc) is 2.62. The van der Waals surface area contributed by atoms with E-state index in [4.69, 9.17) is 34.8 Å². The molecule has 2 aromatic carbocycles. The monoisotopic (exact) mass is 423 g/mol. The molecule has 0 bridgehead atoms. The quantitative estimate of drug-likeness (QED) is 0.404. The molecule has 1 N–H and O–H groups in total. The lowest BCUT2D eigenvalue weighted by molar-refractivity contribution is 0.102. The summed E-state index contributed by atoms with van der Waals surface area (Å²) in [4.78, 5) is 20.9. The van der Waals surface area contributed by atoms with Crippen LogP contribution in [0.25, 0.3) is 0 Å². The number of rotatable bonds is 5. The van der Waals surface area contributed by atoms with Crippen molar-refractivity contribution in [2.24, 2.45) is 0 Å². The van der Waals surface area contributed by atoms with Gasteiger partial charge in [-0.1, -0.05) is 70.8 Å². The number of thioether (sulfide) groups is 1. The molecular weight excluding hydrogens is 413 g/mol. The topological polar surface area (TPSA) is 54.9 Å². The molecule has 1 aromatic heterocycles. The van der Waals surface area contributed by atoms with E-state index in [2.05, 4.69) is 15.3 Å². The van der Waals surface area contributed by atoms with Gasteiger partial charge in [0.2, 0.25) is 0 Å². The summed E-state index contributed by atoms with van der Waals surface area (Å²) >= 11 is 19.5. The summed E-state index contributed by atoms with van der Waals surface area (Å²) in [7, 11) is 0. The van der Waals surface area contributed by atoms with Crippen LogP contribution in [0.4, 0.5) is 5.69 Å². The summed E-state index contributed by atoms with van der Waals surface area (Å²) in [6, 6.07) is 14.4. The summed E-state index contributed by atoms with van der Waals surface area (Å²) in [6.07, 6.45) is 1.41. The lowest BCUT2D eigenvalue weighted by atomic mass is 10.2. The number of aromatic nitrogens is 2. The third-order valence-corrected chi connectivity index (χ3v) is 5.12. The number of nitrogens with zero attached hydrogens (tertiary/aromatic N) is 2. The van der Waals surface area contributed by atoms with Crippen LogP contribution in [0.5, 0.6) is 0 Å². The molecule has 0 aliphatic heterocycles. The smallest absolute Gasteiger partial charge is 0.275 e. The zero-order valence-electron chi connectivity index (χ0n) is 13.2. The number of halogens is 3. The van der Waals surface area contributed by atoms with E-state index in [1.807, 2.05) is 24.3 Å². The van der Waals surface area contributed by atoms with E-state index in [1.165, 1.54) is 18.0 Å². The van der Waals surface area contributed by atoms with Gasteiger partial charge in [0.1, 0.15) is 0 Å². The van der Waals surface area contributed by atoms with Crippen molar-refractivity contribution in [1.29, 1.82) is 0 Å². The molecule has 3 aromatic rings. The average molecular weight is 425 g/mol. The Bertz CT molecular complexity index is 952. The molecular formula is C18H12Cl3N3OS. The fourth-order valence-corrected chi connectivity index (χ4v) is 3.56. The minimum absolute atomic E-state index is 0.100. The number of carbonyl (C=O) groups excluding carboxylic acids is 1. The van der Waals surface area contributed by atoms with Crippen LogP contribution in [0.2, 0.25) is 15.1 Å². The Hall–Kier alpha value is -1.79.